The molecule has 0 aromatic heterocycles. The molecule has 0 aliphatic carbocycles. The first kappa shape index (κ1) is 20.4. The van der Waals surface area contributed by atoms with Gasteiger partial charge in [-0.15, -0.1) is 0 Å². The molecule has 0 fully saturated rings. The Hall–Kier alpha value is -1.92. The first-order valence-electron chi connectivity index (χ1n) is 7.12. The number of sulfonamides is 1. The second-order valence-corrected chi connectivity index (χ2v) is 8.01. The Bertz CT molecular complexity index is 939. The van der Waals surface area contributed by atoms with Crippen molar-refractivity contribution in [3.63, 3.8) is 0 Å². The Morgan fingerprint density at radius 1 is 1.27 bits per heavy atom. The van der Waals surface area contributed by atoms with Crippen LogP contribution in [-0.4, -0.2) is 36.7 Å². The summed E-state index contributed by atoms with van der Waals surface area (Å²) in [6.45, 7) is -1.79. The van der Waals surface area contributed by atoms with Gasteiger partial charge in [0.1, 0.15) is 11.4 Å². The van der Waals surface area contributed by atoms with Gasteiger partial charge in [0.2, 0.25) is 10.0 Å². The maximum atomic E-state index is 14.0. The molecule has 0 spiro atoms. The van der Waals surface area contributed by atoms with Crippen LogP contribution in [0.1, 0.15) is 5.56 Å². The molecule has 2 rings (SSSR count). The molecular weight excluding hydrogens is 435 g/mol. The molecule has 2 aromatic rings. The van der Waals surface area contributed by atoms with E-state index in [2.05, 4.69) is 15.9 Å². The van der Waals surface area contributed by atoms with Crippen LogP contribution >= 0.6 is 15.9 Å². The van der Waals surface area contributed by atoms with Gasteiger partial charge in [-0.25, -0.2) is 17.5 Å². The molecule has 0 saturated carbocycles. The highest BCUT2D eigenvalue weighted by molar-refractivity contribution is 9.10. The molecule has 0 unspecified atom stereocenters. The summed E-state index contributed by atoms with van der Waals surface area (Å²) in [6.07, 6.45) is 0. The molecule has 0 saturated heterocycles. The minimum Gasteiger partial charge on any atom is -0.393 e. The largest absolute Gasteiger partial charge is 0.393 e. The number of nitrogens with one attached hydrogen (secondary N) is 1. The Morgan fingerprint density at radius 2 is 1.92 bits per heavy atom. The predicted octanol–water partition coefficient (Wildman–Crippen LogP) is 1.65. The quantitative estimate of drug-likeness (QED) is 0.436. The molecule has 0 bridgehead atoms. The highest BCUT2D eigenvalue weighted by Gasteiger charge is 2.35. The lowest BCUT2D eigenvalue weighted by molar-refractivity contribution is -0.387. The first-order valence-corrected chi connectivity index (χ1v) is 9.40. The molecule has 0 heterocycles. The Labute approximate surface area is 156 Å². The van der Waals surface area contributed by atoms with E-state index in [0.29, 0.717) is 4.47 Å². The number of halogens is 2. The number of nitrogens with zero attached hydrogens (tertiary/aromatic N) is 1. The lowest BCUT2D eigenvalue weighted by Crippen LogP contribution is -2.44. The van der Waals surface area contributed by atoms with Gasteiger partial charge >= 0.3 is 0 Å². The monoisotopic (exact) mass is 448 g/mol. The van der Waals surface area contributed by atoms with Gasteiger partial charge < -0.3 is 10.2 Å². The zero-order valence-corrected chi connectivity index (χ0v) is 15.5. The molecule has 1 atom stereocenters. The molecule has 3 N–H and O–H groups in total. The molecule has 26 heavy (non-hydrogen) atoms. The van der Waals surface area contributed by atoms with Crippen LogP contribution in [-0.2, 0) is 15.6 Å². The third-order valence-corrected chi connectivity index (χ3v) is 5.54. The lowest BCUT2D eigenvalue weighted by Gasteiger charge is -2.27. The minimum absolute atomic E-state index is 0.334. The van der Waals surface area contributed by atoms with Gasteiger partial charge in [-0.3, -0.25) is 10.1 Å². The van der Waals surface area contributed by atoms with Crippen LogP contribution in [0.5, 0.6) is 0 Å². The lowest BCUT2D eigenvalue weighted by atomic mass is 9.94. The van der Waals surface area contributed by atoms with Gasteiger partial charge in [-0.2, -0.15) is 0 Å². The van der Waals surface area contributed by atoms with Crippen molar-refractivity contribution in [2.24, 2.45) is 0 Å². The van der Waals surface area contributed by atoms with Crippen LogP contribution in [0, 0.1) is 15.9 Å². The summed E-state index contributed by atoms with van der Waals surface area (Å²) in [5.41, 5.74) is -3.26. The van der Waals surface area contributed by atoms with Crippen molar-refractivity contribution in [2.75, 3.05) is 13.2 Å². The smallest absolute Gasteiger partial charge is 0.289 e. The van der Waals surface area contributed by atoms with Crippen molar-refractivity contribution in [1.82, 2.24) is 4.72 Å². The summed E-state index contributed by atoms with van der Waals surface area (Å²) in [5, 5.41) is 31.0. The zero-order valence-electron chi connectivity index (χ0n) is 13.1. The van der Waals surface area contributed by atoms with Gasteiger partial charge in [-0.05, 0) is 24.3 Å². The number of nitro groups is 1. The fourth-order valence-corrected chi connectivity index (χ4v) is 3.84. The molecule has 0 amide bonds. The van der Waals surface area contributed by atoms with E-state index in [4.69, 9.17) is 0 Å². The van der Waals surface area contributed by atoms with Crippen molar-refractivity contribution in [1.29, 1.82) is 0 Å². The van der Waals surface area contributed by atoms with Gasteiger partial charge in [0.25, 0.3) is 5.69 Å². The van der Waals surface area contributed by atoms with Crippen molar-refractivity contribution in [2.45, 2.75) is 10.5 Å². The predicted molar refractivity (Wildman–Crippen MR) is 93.4 cm³/mol. The number of nitro benzene ring substituents is 1. The third-order valence-electron chi connectivity index (χ3n) is 3.60. The van der Waals surface area contributed by atoms with Crippen molar-refractivity contribution >= 4 is 31.6 Å². The van der Waals surface area contributed by atoms with E-state index in [1.54, 1.807) is 0 Å². The van der Waals surface area contributed by atoms with Crippen LogP contribution < -0.4 is 4.72 Å². The number of para-hydroxylation sites is 1. The van der Waals surface area contributed by atoms with Crippen LogP contribution in [0.4, 0.5) is 10.1 Å². The van der Waals surface area contributed by atoms with Crippen molar-refractivity contribution in [3.05, 3.63) is 68.4 Å². The zero-order chi connectivity index (χ0) is 19.5. The van der Waals surface area contributed by atoms with E-state index in [1.165, 1.54) is 24.3 Å². The van der Waals surface area contributed by atoms with E-state index in [0.717, 1.165) is 18.2 Å². The van der Waals surface area contributed by atoms with Crippen molar-refractivity contribution < 1.29 is 27.9 Å². The van der Waals surface area contributed by atoms with Gasteiger partial charge in [0, 0.05) is 22.6 Å². The standard InChI is InChI=1S/C15H14BrFN2O6S/c16-10-5-6-12(17)11(7-10)15(21,9-20)8-18-26(24,25)14-4-2-1-3-13(14)19(22)23/h1-7,18,20-21H,8-9H2/t15-/m1/s1. The molecule has 0 radical (unpaired) electrons. The molecule has 140 valence electrons. The fourth-order valence-electron chi connectivity index (χ4n) is 2.22. The number of benzene rings is 2. The summed E-state index contributed by atoms with van der Waals surface area (Å²) in [4.78, 5) is 9.53. The SMILES string of the molecule is O=[N+]([O-])c1ccccc1S(=O)(=O)NC[C@@](O)(CO)c1cc(Br)ccc1F. The van der Waals surface area contributed by atoms with Gasteiger partial charge in [0.05, 0.1) is 11.5 Å². The average Bonchev–Trinajstić information content (AvgIpc) is 2.61. The minimum atomic E-state index is -4.41. The molecular formula is C15H14BrFN2O6S. The number of aliphatic hydroxyl groups is 2. The van der Waals surface area contributed by atoms with Crippen LogP contribution in [0.15, 0.2) is 51.8 Å². The highest BCUT2D eigenvalue weighted by Crippen LogP contribution is 2.28. The van der Waals surface area contributed by atoms with Crippen LogP contribution in [0.2, 0.25) is 0 Å². The van der Waals surface area contributed by atoms with E-state index < -0.39 is 50.1 Å². The second-order valence-electron chi connectivity index (χ2n) is 5.36. The topological polar surface area (TPSA) is 130 Å². The maximum absolute atomic E-state index is 14.0. The Balaban J connectivity index is 2.36. The number of rotatable bonds is 7. The van der Waals surface area contributed by atoms with E-state index in [-0.39, 0.29) is 5.56 Å². The molecule has 11 heteroatoms. The first-order chi connectivity index (χ1) is 12.1. The van der Waals surface area contributed by atoms with E-state index >= 15 is 0 Å². The molecule has 8 nitrogen and oxygen atoms in total. The summed E-state index contributed by atoms with van der Waals surface area (Å²) < 4.78 is 41.2. The second kappa shape index (κ2) is 7.76. The normalized spacial score (nSPS) is 14.0. The van der Waals surface area contributed by atoms with E-state index in [1.807, 2.05) is 4.72 Å². The maximum Gasteiger partial charge on any atom is 0.289 e. The summed E-state index contributed by atoms with van der Waals surface area (Å²) in [5.74, 6) is -0.852. The molecule has 0 aliphatic heterocycles. The van der Waals surface area contributed by atoms with Gasteiger partial charge in [0.15, 0.2) is 4.90 Å². The highest BCUT2D eigenvalue weighted by atomic mass is 79.9. The van der Waals surface area contributed by atoms with Crippen LogP contribution in [0.25, 0.3) is 0 Å². The fraction of sp³-hybridized carbons (Fsp3) is 0.200. The number of hydrogen-bond acceptors (Lipinski definition) is 6. The number of aliphatic hydroxyl groups excluding tert-OH is 1. The average molecular weight is 449 g/mol. The summed E-state index contributed by atoms with van der Waals surface area (Å²) in [7, 11) is -4.41. The summed E-state index contributed by atoms with van der Waals surface area (Å²) in [6, 6.07) is 8.25. The number of hydrogen-bond donors (Lipinski definition) is 3. The molecule has 2 aromatic carbocycles. The Morgan fingerprint density at radius 3 is 2.54 bits per heavy atom. The van der Waals surface area contributed by atoms with Gasteiger partial charge in [-0.1, -0.05) is 28.1 Å². The van der Waals surface area contributed by atoms with Crippen molar-refractivity contribution in [3.8, 4) is 0 Å². The third kappa shape index (κ3) is 4.24. The van der Waals surface area contributed by atoms with Crippen LogP contribution in [0.3, 0.4) is 0 Å². The Kier molecular flexibility index (Phi) is 6.09. The molecule has 0 aliphatic rings. The van der Waals surface area contributed by atoms with E-state index in [9.17, 15) is 33.1 Å². The summed E-state index contributed by atoms with van der Waals surface area (Å²) >= 11 is 3.10.